The van der Waals surface area contributed by atoms with Crippen LogP contribution in [0.4, 0.5) is 0 Å². The molecule has 1 aliphatic heterocycles. The number of nitrogens with zero attached hydrogens (tertiary/aromatic N) is 5. The van der Waals surface area contributed by atoms with Gasteiger partial charge in [-0.25, -0.2) is 4.98 Å². The Balaban J connectivity index is 1.56. The summed E-state index contributed by atoms with van der Waals surface area (Å²) >= 11 is 0. The van der Waals surface area contributed by atoms with Crippen LogP contribution in [0.3, 0.4) is 0 Å². The number of aliphatic hydroxyl groups excluding tert-OH is 2. The van der Waals surface area contributed by atoms with E-state index in [1.807, 2.05) is 28.8 Å². The molecule has 0 spiro atoms. The number of hydrogen-bond acceptors (Lipinski definition) is 6. The van der Waals surface area contributed by atoms with Crippen LogP contribution in [0.2, 0.25) is 0 Å². The zero-order valence-electron chi connectivity index (χ0n) is 17.1. The molecule has 3 atom stereocenters. The van der Waals surface area contributed by atoms with Crippen molar-refractivity contribution in [2.24, 2.45) is 0 Å². The normalized spacial score (nSPS) is 20.9. The summed E-state index contributed by atoms with van der Waals surface area (Å²) in [5.41, 5.74) is 4.82. The Hall–Kier alpha value is -2.87. The van der Waals surface area contributed by atoms with Crippen LogP contribution in [0.25, 0.3) is 28.1 Å². The number of fused-ring (bicyclic) bond motifs is 2. The first-order chi connectivity index (χ1) is 14.5. The molecular weight excluding hydrogens is 378 g/mol. The second-order valence-electron chi connectivity index (χ2n) is 8.02. The summed E-state index contributed by atoms with van der Waals surface area (Å²) in [6, 6.07) is 14.3. The molecule has 30 heavy (non-hydrogen) atoms. The summed E-state index contributed by atoms with van der Waals surface area (Å²) in [7, 11) is 0. The van der Waals surface area contributed by atoms with Gasteiger partial charge in [0.15, 0.2) is 11.5 Å². The van der Waals surface area contributed by atoms with Crippen LogP contribution in [-0.4, -0.2) is 60.0 Å². The van der Waals surface area contributed by atoms with E-state index < -0.39 is 12.2 Å². The van der Waals surface area contributed by atoms with Crippen molar-refractivity contribution < 1.29 is 10.2 Å². The maximum Gasteiger partial charge on any atom is 0.187 e. The number of para-hydroxylation sites is 1. The fourth-order valence-electron chi connectivity index (χ4n) is 4.27. The molecule has 1 fully saturated rings. The fraction of sp³-hybridized carbons (Fsp3) is 0.348. The minimum Gasteiger partial charge on any atom is -0.389 e. The predicted octanol–water partition coefficient (Wildman–Crippen LogP) is 2.61. The molecule has 0 saturated carbocycles. The van der Waals surface area contributed by atoms with Gasteiger partial charge in [0.25, 0.3) is 0 Å². The van der Waals surface area contributed by atoms with Gasteiger partial charge >= 0.3 is 0 Å². The molecule has 0 bridgehead atoms. The SMILES string of the molecule is CCc1cccc2ccc(-c3nnc4ccc([C@H](C)N5C[C@@H](O)[C@H](O)C5)cn34)nc12. The third-order valence-electron chi connectivity index (χ3n) is 6.16. The number of likely N-dealkylation sites (tertiary alicyclic amines) is 1. The number of benzene rings is 1. The van der Waals surface area contributed by atoms with Gasteiger partial charge in [0.2, 0.25) is 0 Å². The third-order valence-corrected chi connectivity index (χ3v) is 6.16. The first-order valence-electron chi connectivity index (χ1n) is 10.4. The topological polar surface area (TPSA) is 86.8 Å². The van der Waals surface area contributed by atoms with Crippen LogP contribution in [0.5, 0.6) is 0 Å². The molecule has 4 aromatic rings. The van der Waals surface area contributed by atoms with Crippen LogP contribution >= 0.6 is 0 Å². The van der Waals surface area contributed by atoms with Gasteiger partial charge in [-0.3, -0.25) is 9.30 Å². The molecule has 4 heterocycles. The lowest BCUT2D eigenvalue weighted by molar-refractivity contribution is 0.0572. The number of aromatic nitrogens is 4. The molecule has 3 aromatic heterocycles. The molecule has 7 heteroatoms. The summed E-state index contributed by atoms with van der Waals surface area (Å²) < 4.78 is 1.97. The number of rotatable bonds is 4. The molecule has 1 aliphatic rings. The molecule has 154 valence electrons. The van der Waals surface area contributed by atoms with Crippen molar-refractivity contribution in [3.8, 4) is 11.5 Å². The minimum atomic E-state index is -0.698. The standard InChI is InChI=1S/C23H25N5O2/c1-3-15-5-4-6-16-7-9-18(24-22(15)16)23-26-25-21-10-8-17(11-28(21)23)14(2)27-12-19(29)20(30)13-27/h4-11,14,19-20,29-30H,3,12-13H2,1-2H3/t14-,19+,20+/m0/s1. The lowest BCUT2D eigenvalue weighted by atomic mass is 10.1. The van der Waals surface area contributed by atoms with Crippen LogP contribution < -0.4 is 0 Å². The number of β-amino-alcohol motifs (C(OH)–C–C–N with tert-alkyl or cyclic N) is 2. The van der Waals surface area contributed by atoms with Crippen molar-refractivity contribution in [3.05, 3.63) is 59.8 Å². The second kappa shape index (κ2) is 7.43. The smallest absolute Gasteiger partial charge is 0.187 e. The van der Waals surface area contributed by atoms with Gasteiger partial charge in [-0.1, -0.05) is 37.3 Å². The van der Waals surface area contributed by atoms with Crippen LogP contribution in [0.1, 0.15) is 31.0 Å². The summed E-state index contributed by atoms with van der Waals surface area (Å²) in [4.78, 5) is 7.00. The van der Waals surface area contributed by atoms with E-state index in [4.69, 9.17) is 4.98 Å². The van der Waals surface area contributed by atoms with Gasteiger partial charge in [0, 0.05) is 30.7 Å². The zero-order valence-corrected chi connectivity index (χ0v) is 17.1. The van der Waals surface area contributed by atoms with E-state index in [1.54, 1.807) is 0 Å². The Morgan fingerprint density at radius 2 is 1.83 bits per heavy atom. The number of aliphatic hydroxyl groups is 2. The molecule has 0 radical (unpaired) electrons. The largest absolute Gasteiger partial charge is 0.389 e. The second-order valence-corrected chi connectivity index (χ2v) is 8.02. The fourth-order valence-corrected chi connectivity index (χ4v) is 4.27. The van der Waals surface area contributed by atoms with E-state index in [1.165, 1.54) is 5.56 Å². The van der Waals surface area contributed by atoms with E-state index in [2.05, 4.69) is 53.2 Å². The number of aryl methyl sites for hydroxylation is 1. The molecule has 5 rings (SSSR count). The van der Waals surface area contributed by atoms with Crippen LogP contribution in [-0.2, 0) is 6.42 Å². The summed E-state index contributed by atoms with van der Waals surface area (Å²) in [5.74, 6) is 0.702. The quantitative estimate of drug-likeness (QED) is 0.545. The van der Waals surface area contributed by atoms with Gasteiger partial charge in [-0.15, -0.1) is 10.2 Å². The number of pyridine rings is 2. The van der Waals surface area contributed by atoms with Crippen molar-refractivity contribution in [1.29, 1.82) is 0 Å². The highest BCUT2D eigenvalue weighted by Crippen LogP contribution is 2.27. The predicted molar refractivity (Wildman–Crippen MR) is 115 cm³/mol. The monoisotopic (exact) mass is 403 g/mol. The lowest BCUT2D eigenvalue weighted by Gasteiger charge is -2.24. The van der Waals surface area contributed by atoms with Crippen LogP contribution in [0, 0.1) is 0 Å². The molecule has 2 N–H and O–H groups in total. The molecule has 0 amide bonds. The third kappa shape index (κ3) is 3.15. The van der Waals surface area contributed by atoms with Gasteiger partial charge in [0.05, 0.1) is 17.7 Å². The highest BCUT2D eigenvalue weighted by Gasteiger charge is 2.32. The lowest BCUT2D eigenvalue weighted by Crippen LogP contribution is -2.25. The molecule has 0 unspecified atom stereocenters. The van der Waals surface area contributed by atoms with Crippen molar-refractivity contribution in [1.82, 2.24) is 24.5 Å². The van der Waals surface area contributed by atoms with Gasteiger partial charge < -0.3 is 10.2 Å². The Bertz CT molecular complexity index is 1210. The molecule has 7 nitrogen and oxygen atoms in total. The van der Waals surface area contributed by atoms with Crippen molar-refractivity contribution in [2.75, 3.05) is 13.1 Å². The van der Waals surface area contributed by atoms with Gasteiger partial charge in [-0.2, -0.15) is 0 Å². The number of hydrogen-bond donors (Lipinski definition) is 2. The zero-order chi connectivity index (χ0) is 20.8. The molecule has 1 saturated heterocycles. The molecule has 0 aliphatic carbocycles. The molecule has 1 aromatic carbocycles. The molecular formula is C23H25N5O2. The Labute approximate surface area is 174 Å². The van der Waals surface area contributed by atoms with Crippen molar-refractivity contribution >= 4 is 16.6 Å². The highest BCUT2D eigenvalue weighted by atomic mass is 16.3. The van der Waals surface area contributed by atoms with Gasteiger partial charge in [0.1, 0.15) is 5.69 Å². The average molecular weight is 403 g/mol. The van der Waals surface area contributed by atoms with E-state index >= 15 is 0 Å². The summed E-state index contributed by atoms with van der Waals surface area (Å²) in [5, 5.41) is 29.6. The van der Waals surface area contributed by atoms with E-state index in [0.717, 1.165) is 34.2 Å². The van der Waals surface area contributed by atoms with Gasteiger partial charge in [-0.05, 0) is 36.6 Å². The van der Waals surface area contributed by atoms with E-state index in [0.29, 0.717) is 18.9 Å². The summed E-state index contributed by atoms with van der Waals surface area (Å²) in [6.45, 7) is 5.14. The van der Waals surface area contributed by atoms with E-state index in [-0.39, 0.29) is 6.04 Å². The minimum absolute atomic E-state index is 0.0488. The van der Waals surface area contributed by atoms with Crippen molar-refractivity contribution in [3.63, 3.8) is 0 Å². The maximum atomic E-state index is 9.90. The van der Waals surface area contributed by atoms with E-state index in [9.17, 15) is 10.2 Å². The summed E-state index contributed by atoms with van der Waals surface area (Å²) in [6.07, 6.45) is 1.56. The van der Waals surface area contributed by atoms with Crippen molar-refractivity contribution in [2.45, 2.75) is 38.5 Å². The Morgan fingerprint density at radius 1 is 1.03 bits per heavy atom. The highest BCUT2D eigenvalue weighted by molar-refractivity contribution is 5.84. The Kier molecular flexibility index (Phi) is 4.73. The average Bonchev–Trinajstić information content (AvgIpc) is 3.35. The van der Waals surface area contributed by atoms with Crippen LogP contribution in [0.15, 0.2) is 48.7 Å². The Morgan fingerprint density at radius 3 is 2.60 bits per heavy atom. The first-order valence-corrected chi connectivity index (χ1v) is 10.4. The maximum absolute atomic E-state index is 9.90. The first kappa shape index (κ1) is 19.1.